The largest absolute Gasteiger partial charge is 0.409 e. The molecule has 0 radical (unpaired) electrons. The first kappa shape index (κ1) is 13.3. The molecule has 0 amide bonds. The molecule has 0 aliphatic rings. The van der Waals surface area contributed by atoms with E-state index in [9.17, 15) is 8.42 Å². The standard InChI is InChI=1S/C7H14N6O3S/c1-3-10-17(15,16)12-7-5(6(8)11-14)4-9-13(7)2/h4,10,12,14H,3H2,1-2H3,(H2,8,11). The quantitative estimate of drug-likeness (QED) is 0.228. The number of hydrogen-bond acceptors (Lipinski definition) is 5. The first-order valence-corrected chi connectivity index (χ1v) is 6.17. The van der Waals surface area contributed by atoms with Crippen LogP contribution in [0.3, 0.4) is 0 Å². The van der Waals surface area contributed by atoms with Crippen LogP contribution < -0.4 is 15.2 Å². The number of anilines is 1. The highest BCUT2D eigenvalue weighted by molar-refractivity contribution is 7.90. The van der Waals surface area contributed by atoms with Crippen molar-refractivity contribution >= 4 is 21.9 Å². The Morgan fingerprint density at radius 3 is 2.88 bits per heavy atom. The Morgan fingerprint density at radius 1 is 1.71 bits per heavy atom. The Labute approximate surface area is 98.5 Å². The van der Waals surface area contributed by atoms with Crippen molar-refractivity contribution in [2.45, 2.75) is 6.92 Å². The Bertz CT molecular complexity index is 520. The zero-order valence-electron chi connectivity index (χ0n) is 9.38. The number of amidine groups is 1. The number of nitrogens with one attached hydrogen (secondary N) is 2. The zero-order valence-corrected chi connectivity index (χ0v) is 10.2. The van der Waals surface area contributed by atoms with Gasteiger partial charge >= 0.3 is 0 Å². The minimum absolute atomic E-state index is 0.112. The lowest BCUT2D eigenvalue weighted by Crippen LogP contribution is -2.31. The predicted octanol–water partition coefficient (Wildman–Crippen LogP) is -1.22. The van der Waals surface area contributed by atoms with Crippen LogP contribution in [-0.4, -0.2) is 35.8 Å². The summed E-state index contributed by atoms with van der Waals surface area (Å²) >= 11 is 0. The van der Waals surface area contributed by atoms with Crippen LogP contribution in [0.2, 0.25) is 0 Å². The van der Waals surface area contributed by atoms with Gasteiger partial charge in [0, 0.05) is 13.6 Å². The molecule has 0 bridgehead atoms. The molecule has 0 aromatic carbocycles. The molecule has 9 nitrogen and oxygen atoms in total. The number of rotatable bonds is 5. The SMILES string of the molecule is CCNS(=O)(=O)Nc1c(C(N)=NO)cnn1C. The van der Waals surface area contributed by atoms with Gasteiger partial charge in [-0.25, -0.2) is 0 Å². The molecule has 0 fully saturated rings. The second-order valence-corrected chi connectivity index (χ2v) is 4.62. The van der Waals surface area contributed by atoms with Crippen molar-refractivity contribution in [2.75, 3.05) is 11.3 Å². The van der Waals surface area contributed by atoms with Crippen LogP contribution in [0.15, 0.2) is 11.4 Å². The number of hydrogen-bond donors (Lipinski definition) is 4. The molecule has 1 aromatic heterocycles. The highest BCUT2D eigenvalue weighted by Crippen LogP contribution is 2.14. The summed E-state index contributed by atoms with van der Waals surface area (Å²) in [7, 11) is -2.17. The van der Waals surface area contributed by atoms with E-state index in [1.54, 1.807) is 6.92 Å². The van der Waals surface area contributed by atoms with Crippen molar-refractivity contribution in [1.82, 2.24) is 14.5 Å². The van der Waals surface area contributed by atoms with Gasteiger partial charge < -0.3 is 10.9 Å². The fraction of sp³-hybridized carbons (Fsp3) is 0.429. The third-order valence-corrected chi connectivity index (χ3v) is 3.02. The van der Waals surface area contributed by atoms with Gasteiger partial charge in [-0.2, -0.15) is 18.2 Å². The monoisotopic (exact) mass is 262 g/mol. The van der Waals surface area contributed by atoms with Gasteiger partial charge in [0.1, 0.15) is 5.82 Å². The summed E-state index contributed by atoms with van der Waals surface area (Å²) < 4.78 is 28.8. The lowest BCUT2D eigenvalue weighted by molar-refractivity contribution is 0.318. The lowest BCUT2D eigenvalue weighted by atomic mass is 10.3. The average Bonchev–Trinajstić information content (AvgIpc) is 2.59. The Hall–Kier alpha value is -1.81. The van der Waals surface area contributed by atoms with Gasteiger partial charge in [-0.1, -0.05) is 12.1 Å². The number of nitrogens with zero attached hydrogens (tertiary/aromatic N) is 3. The summed E-state index contributed by atoms with van der Waals surface area (Å²) in [6.45, 7) is 1.89. The maximum atomic E-state index is 11.5. The lowest BCUT2D eigenvalue weighted by Gasteiger charge is -2.09. The molecule has 0 aliphatic heterocycles. The smallest absolute Gasteiger partial charge is 0.300 e. The first-order chi connectivity index (χ1) is 7.91. The van der Waals surface area contributed by atoms with Crippen molar-refractivity contribution < 1.29 is 13.6 Å². The van der Waals surface area contributed by atoms with E-state index < -0.39 is 10.2 Å². The normalized spacial score (nSPS) is 12.7. The molecule has 1 aromatic rings. The molecule has 0 unspecified atom stereocenters. The van der Waals surface area contributed by atoms with Gasteiger partial charge in [0.05, 0.1) is 11.8 Å². The van der Waals surface area contributed by atoms with Crippen molar-refractivity contribution in [3.8, 4) is 0 Å². The molecule has 0 saturated heterocycles. The minimum atomic E-state index is -3.69. The molecule has 0 atom stereocenters. The molecule has 5 N–H and O–H groups in total. The topological polar surface area (TPSA) is 135 Å². The predicted molar refractivity (Wildman–Crippen MR) is 61.9 cm³/mol. The fourth-order valence-electron chi connectivity index (χ4n) is 1.15. The van der Waals surface area contributed by atoms with E-state index >= 15 is 0 Å². The molecule has 1 heterocycles. The number of oxime groups is 1. The molecule has 10 heteroatoms. The number of aromatic nitrogens is 2. The Kier molecular flexibility index (Phi) is 3.91. The maximum Gasteiger partial charge on any atom is 0.300 e. The van der Waals surface area contributed by atoms with Crippen LogP contribution in [0.5, 0.6) is 0 Å². The van der Waals surface area contributed by atoms with Crippen LogP contribution in [0.4, 0.5) is 5.82 Å². The van der Waals surface area contributed by atoms with Crippen molar-refractivity contribution in [1.29, 1.82) is 0 Å². The molecular weight excluding hydrogens is 248 g/mol. The van der Waals surface area contributed by atoms with Gasteiger partial charge in [-0.05, 0) is 0 Å². The van der Waals surface area contributed by atoms with Gasteiger partial charge in [0.2, 0.25) is 0 Å². The molecule has 17 heavy (non-hydrogen) atoms. The van der Waals surface area contributed by atoms with E-state index in [1.807, 2.05) is 0 Å². The van der Waals surface area contributed by atoms with Crippen molar-refractivity contribution in [3.63, 3.8) is 0 Å². The van der Waals surface area contributed by atoms with Crippen LogP contribution >= 0.6 is 0 Å². The van der Waals surface area contributed by atoms with Gasteiger partial charge in [-0.3, -0.25) is 9.40 Å². The van der Waals surface area contributed by atoms with E-state index in [1.165, 1.54) is 17.9 Å². The van der Waals surface area contributed by atoms with Crippen LogP contribution in [0.1, 0.15) is 12.5 Å². The third-order valence-electron chi connectivity index (χ3n) is 1.89. The zero-order chi connectivity index (χ0) is 13.1. The number of nitrogens with two attached hydrogens (primary N) is 1. The summed E-state index contributed by atoms with van der Waals surface area (Å²) in [6, 6.07) is 0. The molecule has 1 rings (SSSR count). The van der Waals surface area contributed by atoms with Crippen LogP contribution in [0, 0.1) is 0 Å². The highest BCUT2D eigenvalue weighted by atomic mass is 32.2. The van der Waals surface area contributed by atoms with E-state index in [2.05, 4.69) is 19.7 Å². The summed E-state index contributed by atoms with van der Waals surface area (Å²) in [5.74, 6) is -0.117. The summed E-state index contributed by atoms with van der Waals surface area (Å²) in [4.78, 5) is 0. The summed E-state index contributed by atoms with van der Waals surface area (Å²) in [5.41, 5.74) is 5.58. The van der Waals surface area contributed by atoms with Crippen LogP contribution in [0.25, 0.3) is 0 Å². The van der Waals surface area contributed by atoms with Gasteiger partial charge in [0.25, 0.3) is 10.2 Å². The van der Waals surface area contributed by atoms with Crippen molar-refractivity contribution in [2.24, 2.45) is 17.9 Å². The average molecular weight is 262 g/mol. The second kappa shape index (κ2) is 5.01. The second-order valence-electron chi connectivity index (χ2n) is 3.12. The molecule has 96 valence electrons. The maximum absolute atomic E-state index is 11.5. The van der Waals surface area contributed by atoms with E-state index in [-0.39, 0.29) is 23.8 Å². The molecule has 0 saturated carbocycles. The first-order valence-electron chi connectivity index (χ1n) is 4.68. The van der Waals surface area contributed by atoms with E-state index in [0.29, 0.717) is 0 Å². The van der Waals surface area contributed by atoms with Crippen molar-refractivity contribution in [3.05, 3.63) is 11.8 Å². The van der Waals surface area contributed by atoms with Crippen LogP contribution in [-0.2, 0) is 17.3 Å². The summed E-state index contributed by atoms with van der Waals surface area (Å²) in [6.07, 6.45) is 1.29. The fourth-order valence-corrected chi connectivity index (χ4v) is 2.10. The van der Waals surface area contributed by atoms with E-state index in [0.717, 1.165) is 0 Å². The Balaban J connectivity index is 3.11. The minimum Gasteiger partial charge on any atom is -0.409 e. The molecule has 0 spiro atoms. The summed E-state index contributed by atoms with van der Waals surface area (Å²) in [5, 5.41) is 15.2. The van der Waals surface area contributed by atoms with E-state index in [4.69, 9.17) is 10.9 Å². The molecular formula is C7H14N6O3S. The van der Waals surface area contributed by atoms with Gasteiger partial charge in [-0.15, -0.1) is 0 Å². The van der Waals surface area contributed by atoms with Gasteiger partial charge in [0.15, 0.2) is 5.84 Å². The highest BCUT2D eigenvalue weighted by Gasteiger charge is 2.17. The Morgan fingerprint density at radius 2 is 2.35 bits per heavy atom. The third kappa shape index (κ3) is 3.07. The number of aryl methyl sites for hydroxylation is 1. The molecule has 0 aliphatic carbocycles.